The number of benzene rings is 3. The SMILES string of the molecule is CC(=O)On1nnc2ccccc21.Cn1cc(N)cc1C(=O)NCCCCCC(=O)OCCSCc1ccc(N=Nc2ccccc2)cc1. The van der Waals surface area contributed by atoms with Gasteiger partial charge in [-0.25, -0.2) is 4.79 Å². The molecule has 0 radical (unpaired) electrons. The van der Waals surface area contributed by atoms with Crippen LogP contribution >= 0.6 is 11.8 Å². The molecule has 0 aliphatic rings. The Morgan fingerprint density at radius 1 is 0.918 bits per heavy atom. The summed E-state index contributed by atoms with van der Waals surface area (Å²) < 4.78 is 7.02. The fraction of sp³-hybridized carbons (Fsp3) is 0.286. The first kappa shape index (κ1) is 36.3. The van der Waals surface area contributed by atoms with E-state index in [0.29, 0.717) is 42.0 Å². The van der Waals surface area contributed by atoms with Gasteiger partial charge in [-0.15, -0.1) is 5.10 Å². The van der Waals surface area contributed by atoms with Crippen molar-refractivity contribution in [3.05, 3.63) is 102 Å². The van der Waals surface area contributed by atoms with E-state index in [1.54, 1.807) is 47.8 Å². The molecule has 0 spiro atoms. The second-order valence-electron chi connectivity index (χ2n) is 10.8. The number of carbonyl (C=O) groups is 3. The highest BCUT2D eigenvalue weighted by Gasteiger charge is 2.10. The molecular weight excluding hydrogens is 645 g/mol. The highest BCUT2D eigenvalue weighted by Crippen LogP contribution is 2.20. The Bertz CT molecular complexity index is 1820. The lowest BCUT2D eigenvalue weighted by Gasteiger charge is -2.07. The maximum atomic E-state index is 12.1. The van der Waals surface area contributed by atoms with E-state index < -0.39 is 5.97 Å². The number of fused-ring (bicyclic) bond motifs is 1. The average Bonchev–Trinajstić information content (AvgIpc) is 3.67. The number of nitrogen functional groups attached to an aromatic ring is 1. The van der Waals surface area contributed by atoms with Gasteiger partial charge in [0.15, 0.2) is 0 Å². The number of rotatable bonds is 15. The average molecular weight is 685 g/mol. The smallest absolute Gasteiger partial charge is 0.332 e. The fourth-order valence-electron chi connectivity index (χ4n) is 4.46. The molecule has 3 N–H and O–H groups in total. The van der Waals surface area contributed by atoms with Crippen molar-refractivity contribution in [1.29, 1.82) is 0 Å². The Balaban J connectivity index is 0.000000344. The largest absolute Gasteiger partial charge is 0.465 e. The van der Waals surface area contributed by atoms with Gasteiger partial charge in [-0.1, -0.05) is 53.7 Å². The number of aryl methyl sites for hydroxylation is 1. The third-order valence-corrected chi connectivity index (χ3v) is 7.86. The van der Waals surface area contributed by atoms with Crippen molar-refractivity contribution < 1.29 is 24.0 Å². The molecule has 0 saturated carbocycles. The number of carbonyl (C=O) groups excluding carboxylic acids is 3. The minimum Gasteiger partial charge on any atom is -0.465 e. The summed E-state index contributed by atoms with van der Waals surface area (Å²) in [5, 5.41) is 18.8. The van der Waals surface area contributed by atoms with Crippen LogP contribution < -0.4 is 15.9 Å². The number of amides is 1. The lowest BCUT2D eigenvalue weighted by Crippen LogP contribution is -2.26. The monoisotopic (exact) mass is 684 g/mol. The second-order valence-corrected chi connectivity index (χ2v) is 12.0. The molecule has 256 valence electrons. The topological polar surface area (TPSA) is 168 Å². The molecule has 13 nitrogen and oxygen atoms in total. The van der Waals surface area contributed by atoms with Crippen LogP contribution in [0.2, 0.25) is 0 Å². The first-order chi connectivity index (χ1) is 23.8. The number of thioether (sulfide) groups is 1. The molecule has 0 bridgehead atoms. The zero-order valence-corrected chi connectivity index (χ0v) is 28.3. The molecule has 1 amide bonds. The second kappa shape index (κ2) is 19.4. The zero-order valence-electron chi connectivity index (χ0n) is 27.5. The highest BCUT2D eigenvalue weighted by molar-refractivity contribution is 7.98. The number of hydrogen-bond donors (Lipinski definition) is 2. The molecule has 14 heteroatoms. The van der Waals surface area contributed by atoms with Crippen LogP contribution in [-0.4, -0.2) is 56.5 Å². The maximum Gasteiger partial charge on any atom is 0.332 e. The number of esters is 1. The summed E-state index contributed by atoms with van der Waals surface area (Å²) in [4.78, 5) is 40.5. The number of anilines is 1. The number of nitrogens with zero attached hydrogens (tertiary/aromatic N) is 6. The Kier molecular flexibility index (Phi) is 14.4. The van der Waals surface area contributed by atoms with E-state index in [0.717, 1.165) is 47.0 Å². The van der Waals surface area contributed by atoms with E-state index in [1.165, 1.54) is 12.5 Å². The quantitative estimate of drug-likeness (QED) is 0.0565. The standard InChI is InChI=1S/C27H33N5O3S.C8H7N3O2/c1-32-19-22(28)18-25(32)27(34)29-15-7-3-6-10-26(33)35-16-17-36-20-21-11-13-24(14-12-21)31-30-23-8-4-2-5-9-23;1-6(12)13-11-8-5-3-2-4-7(8)9-10-11/h2,4-5,8-9,11-14,18-19H,3,6-7,10,15-17,20,28H2,1H3,(H,29,34);2-5H,1H3. The van der Waals surface area contributed by atoms with Gasteiger partial charge < -0.3 is 25.2 Å². The minimum absolute atomic E-state index is 0.143. The number of aromatic nitrogens is 4. The lowest BCUT2D eigenvalue weighted by molar-refractivity contribution is -0.143. The van der Waals surface area contributed by atoms with Crippen LogP contribution in [-0.2, 0) is 27.1 Å². The van der Waals surface area contributed by atoms with Crippen LogP contribution in [0.25, 0.3) is 11.0 Å². The predicted molar refractivity (Wildman–Crippen MR) is 190 cm³/mol. The molecule has 0 atom stereocenters. The molecular formula is C35H40N8O5S. The van der Waals surface area contributed by atoms with E-state index in [4.69, 9.17) is 15.3 Å². The van der Waals surface area contributed by atoms with Gasteiger partial charge in [0, 0.05) is 44.6 Å². The van der Waals surface area contributed by atoms with Crippen molar-refractivity contribution in [3.8, 4) is 0 Å². The molecule has 5 aromatic rings. The van der Waals surface area contributed by atoms with Crippen molar-refractivity contribution >= 4 is 57.7 Å². The number of hydrogen-bond acceptors (Lipinski definition) is 11. The summed E-state index contributed by atoms with van der Waals surface area (Å²) in [6, 6.07) is 26.5. The first-order valence-electron chi connectivity index (χ1n) is 15.8. The number of ether oxygens (including phenoxy) is 1. The summed E-state index contributed by atoms with van der Waals surface area (Å²) >= 11 is 1.72. The van der Waals surface area contributed by atoms with Gasteiger partial charge in [-0.3, -0.25) is 9.59 Å². The Morgan fingerprint density at radius 3 is 2.35 bits per heavy atom. The maximum absolute atomic E-state index is 12.1. The van der Waals surface area contributed by atoms with Crippen LogP contribution in [0.1, 0.15) is 48.7 Å². The third-order valence-electron chi connectivity index (χ3n) is 6.87. The molecule has 2 heterocycles. The Hall–Kier alpha value is -5.50. The van der Waals surface area contributed by atoms with Gasteiger partial charge in [0.05, 0.1) is 17.1 Å². The summed E-state index contributed by atoms with van der Waals surface area (Å²) in [5.74, 6) is 0.851. The van der Waals surface area contributed by atoms with Gasteiger partial charge in [-0.05, 0) is 66.1 Å². The molecule has 0 fully saturated rings. The summed E-state index contributed by atoms with van der Waals surface area (Å²) in [6.07, 6.45) is 4.50. The van der Waals surface area contributed by atoms with E-state index in [2.05, 4.69) is 25.9 Å². The molecule has 0 saturated heterocycles. The molecule has 2 aromatic heterocycles. The number of nitrogens with two attached hydrogens (primary N) is 1. The van der Waals surface area contributed by atoms with E-state index in [9.17, 15) is 14.4 Å². The van der Waals surface area contributed by atoms with Gasteiger partial charge in [-0.2, -0.15) is 22.0 Å². The van der Waals surface area contributed by atoms with Crippen molar-refractivity contribution in [2.75, 3.05) is 24.6 Å². The Morgan fingerprint density at radius 2 is 1.63 bits per heavy atom. The van der Waals surface area contributed by atoms with E-state index in [-0.39, 0.29) is 11.9 Å². The molecule has 5 rings (SSSR count). The number of azo groups is 1. The first-order valence-corrected chi connectivity index (χ1v) is 16.9. The van der Waals surface area contributed by atoms with Crippen LogP contribution in [0.3, 0.4) is 0 Å². The van der Waals surface area contributed by atoms with E-state index >= 15 is 0 Å². The van der Waals surface area contributed by atoms with E-state index in [1.807, 2.05) is 66.7 Å². The molecule has 49 heavy (non-hydrogen) atoms. The molecule has 3 aromatic carbocycles. The van der Waals surface area contributed by atoms with Crippen LogP contribution in [0, 0.1) is 0 Å². The lowest BCUT2D eigenvalue weighted by atomic mass is 10.2. The third kappa shape index (κ3) is 12.6. The zero-order chi connectivity index (χ0) is 34.8. The van der Waals surface area contributed by atoms with Gasteiger partial charge in [0.2, 0.25) is 0 Å². The van der Waals surface area contributed by atoms with Gasteiger partial charge in [0.25, 0.3) is 5.91 Å². The Labute approximate surface area is 288 Å². The van der Waals surface area contributed by atoms with Crippen LogP contribution in [0.5, 0.6) is 0 Å². The molecule has 0 aliphatic heterocycles. The summed E-state index contributed by atoms with van der Waals surface area (Å²) in [7, 11) is 1.79. The van der Waals surface area contributed by atoms with Crippen molar-refractivity contribution in [3.63, 3.8) is 0 Å². The highest BCUT2D eigenvalue weighted by atomic mass is 32.2. The summed E-state index contributed by atoms with van der Waals surface area (Å²) in [5.41, 5.74) is 11.0. The number of unbranched alkanes of at least 4 members (excludes halogenated alkanes) is 2. The van der Waals surface area contributed by atoms with Gasteiger partial charge >= 0.3 is 11.9 Å². The van der Waals surface area contributed by atoms with Crippen LogP contribution in [0.4, 0.5) is 17.1 Å². The fourth-order valence-corrected chi connectivity index (χ4v) is 5.24. The minimum atomic E-state index is -0.421. The molecule has 0 unspecified atom stereocenters. The normalized spacial score (nSPS) is 10.8. The van der Waals surface area contributed by atoms with Crippen molar-refractivity contribution in [2.24, 2.45) is 17.3 Å². The molecule has 0 aliphatic carbocycles. The van der Waals surface area contributed by atoms with Crippen molar-refractivity contribution in [2.45, 2.75) is 38.4 Å². The van der Waals surface area contributed by atoms with Crippen LogP contribution in [0.15, 0.2) is 101 Å². The summed E-state index contributed by atoms with van der Waals surface area (Å²) in [6.45, 7) is 2.28. The number of para-hydroxylation sites is 1. The predicted octanol–water partition coefficient (Wildman–Crippen LogP) is 6.20. The van der Waals surface area contributed by atoms with Crippen molar-refractivity contribution in [1.82, 2.24) is 25.0 Å². The number of nitrogens with one attached hydrogen (secondary N) is 1. The van der Waals surface area contributed by atoms with Gasteiger partial charge in [0.1, 0.15) is 23.3 Å².